The Morgan fingerprint density at radius 1 is 1.33 bits per heavy atom. The Bertz CT molecular complexity index is 361. The minimum Gasteiger partial charge on any atom is -0.377 e. The summed E-state index contributed by atoms with van der Waals surface area (Å²) in [5, 5.41) is 6.85. The summed E-state index contributed by atoms with van der Waals surface area (Å²) in [6.07, 6.45) is 2.62. The molecule has 1 unspecified atom stereocenters. The third kappa shape index (κ3) is 10.0. The summed E-state index contributed by atoms with van der Waals surface area (Å²) < 4.78 is 5.44. The lowest BCUT2D eigenvalue weighted by molar-refractivity contribution is 0.0310. The number of nitrogens with zero attached hydrogens (tertiary/aromatic N) is 2. The first-order valence-electron chi connectivity index (χ1n) is 9.16. The monoisotopic (exact) mass is 454 g/mol. The summed E-state index contributed by atoms with van der Waals surface area (Å²) in [6, 6.07) is 0. The van der Waals surface area contributed by atoms with E-state index < -0.39 is 0 Å². The average Bonchev–Trinajstić information content (AvgIpc) is 2.50. The Morgan fingerprint density at radius 2 is 2.04 bits per heavy atom. The van der Waals surface area contributed by atoms with E-state index in [-0.39, 0.29) is 29.6 Å². The molecule has 24 heavy (non-hydrogen) atoms. The lowest BCUT2D eigenvalue weighted by Gasteiger charge is -2.34. The molecule has 0 radical (unpaired) electrons. The number of nitrogens with one attached hydrogen (secondary N) is 2. The van der Waals surface area contributed by atoms with Gasteiger partial charge in [-0.15, -0.1) is 24.0 Å². The Balaban J connectivity index is 0.00000529. The summed E-state index contributed by atoms with van der Waals surface area (Å²) in [4.78, 5) is 7.27. The molecule has 0 bridgehead atoms. The molecule has 1 aliphatic rings. The van der Waals surface area contributed by atoms with Gasteiger partial charge in [-0.1, -0.05) is 13.8 Å². The predicted octanol–water partition coefficient (Wildman–Crippen LogP) is 2.95. The maximum atomic E-state index is 5.44. The molecule has 0 amide bonds. The number of hydrogen-bond acceptors (Lipinski definition) is 3. The smallest absolute Gasteiger partial charge is 0.191 e. The van der Waals surface area contributed by atoms with E-state index in [1.165, 1.54) is 32.5 Å². The van der Waals surface area contributed by atoms with Crippen LogP contribution in [0.2, 0.25) is 0 Å². The first kappa shape index (κ1) is 23.9. The third-order valence-electron chi connectivity index (χ3n) is 4.30. The Labute approximate surface area is 166 Å². The third-order valence-corrected chi connectivity index (χ3v) is 4.30. The molecule has 1 aliphatic heterocycles. The molecule has 0 spiro atoms. The summed E-state index contributed by atoms with van der Waals surface area (Å²) in [5.74, 6) is 2.36. The van der Waals surface area contributed by atoms with Crippen molar-refractivity contribution in [2.24, 2.45) is 16.8 Å². The maximum Gasteiger partial charge on any atom is 0.191 e. The largest absolute Gasteiger partial charge is 0.377 e. The molecular weight excluding hydrogens is 415 g/mol. The summed E-state index contributed by atoms with van der Waals surface area (Å²) in [5.41, 5.74) is -0.221. The van der Waals surface area contributed by atoms with E-state index in [0.29, 0.717) is 12.5 Å². The second kappa shape index (κ2) is 12.3. The van der Waals surface area contributed by atoms with E-state index in [1.807, 2.05) is 0 Å². The van der Waals surface area contributed by atoms with Crippen molar-refractivity contribution in [1.29, 1.82) is 0 Å². The van der Waals surface area contributed by atoms with Crippen LogP contribution in [0.25, 0.3) is 0 Å². The summed E-state index contributed by atoms with van der Waals surface area (Å²) >= 11 is 0. The normalized spacial score (nSPS) is 20.0. The van der Waals surface area contributed by atoms with Gasteiger partial charge in [0, 0.05) is 33.3 Å². The van der Waals surface area contributed by atoms with Crippen LogP contribution in [0.3, 0.4) is 0 Å². The predicted molar refractivity (Wildman–Crippen MR) is 114 cm³/mol. The number of ether oxygens (including phenoxy) is 1. The van der Waals surface area contributed by atoms with Crippen molar-refractivity contribution in [3.63, 3.8) is 0 Å². The number of hydrogen-bond donors (Lipinski definition) is 2. The van der Waals surface area contributed by atoms with Crippen LogP contribution in [0.15, 0.2) is 4.99 Å². The van der Waals surface area contributed by atoms with E-state index in [2.05, 4.69) is 55.1 Å². The Morgan fingerprint density at radius 3 is 2.62 bits per heavy atom. The van der Waals surface area contributed by atoms with Crippen LogP contribution < -0.4 is 10.6 Å². The molecular formula is C18H39IN4O. The minimum atomic E-state index is -0.221. The Hall–Kier alpha value is -0.0800. The van der Waals surface area contributed by atoms with Gasteiger partial charge in [-0.3, -0.25) is 4.99 Å². The first-order valence-corrected chi connectivity index (χ1v) is 9.16. The quantitative estimate of drug-likeness (QED) is 0.337. The number of likely N-dealkylation sites (tertiary alicyclic amines) is 1. The molecule has 0 saturated carbocycles. The van der Waals surface area contributed by atoms with Crippen molar-refractivity contribution in [3.05, 3.63) is 0 Å². The molecule has 0 aliphatic carbocycles. The highest BCUT2D eigenvalue weighted by molar-refractivity contribution is 14.0. The molecule has 1 fully saturated rings. The summed E-state index contributed by atoms with van der Waals surface area (Å²) in [7, 11) is 1.74. The van der Waals surface area contributed by atoms with Crippen molar-refractivity contribution in [2.75, 3.05) is 46.4 Å². The minimum absolute atomic E-state index is 0. The molecule has 1 atom stereocenters. The van der Waals surface area contributed by atoms with E-state index in [4.69, 9.17) is 4.74 Å². The van der Waals surface area contributed by atoms with Gasteiger partial charge in [0.1, 0.15) is 0 Å². The second-order valence-electron chi connectivity index (χ2n) is 7.70. The zero-order chi connectivity index (χ0) is 17.3. The molecule has 1 rings (SSSR count). The van der Waals surface area contributed by atoms with Crippen LogP contribution in [0.4, 0.5) is 0 Å². The molecule has 1 heterocycles. The van der Waals surface area contributed by atoms with Crippen molar-refractivity contribution in [3.8, 4) is 0 Å². The maximum absolute atomic E-state index is 5.44. The van der Waals surface area contributed by atoms with Crippen LogP contribution in [-0.4, -0.2) is 62.8 Å². The van der Waals surface area contributed by atoms with Gasteiger partial charge >= 0.3 is 0 Å². The van der Waals surface area contributed by atoms with Gasteiger partial charge in [0.15, 0.2) is 5.96 Å². The van der Waals surface area contributed by atoms with Crippen molar-refractivity contribution >= 4 is 29.9 Å². The van der Waals surface area contributed by atoms with E-state index in [9.17, 15) is 0 Å². The van der Waals surface area contributed by atoms with Crippen LogP contribution >= 0.6 is 24.0 Å². The van der Waals surface area contributed by atoms with Gasteiger partial charge in [0.25, 0.3) is 0 Å². The van der Waals surface area contributed by atoms with Gasteiger partial charge in [0.2, 0.25) is 0 Å². The van der Waals surface area contributed by atoms with Crippen molar-refractivity contribution in [2.45, 2.75) is 53.1 Å². The zero-order valence-electron chi connectivity index (χ0n) is 16.5. The molecule has 0 aromatic rings. The lowest BCUT2D eigenvalue weighted by Crippen LogP contribution is -2.45. The topological polar surface area (TPSA) is 48.9 Å². The van der Waals surface area contributed by atoms with Crippen molar-refractivity contribution < 1.29 is 4.74 Å². The van der Waals surface area contributed by atoms with E-state index in [0.717, 1.165) is 25.0 Å². The molecule has 0 aromatic heterocycles. The lowest BCUT2D eigenvalue weighted by atomic mass is 9.97. The van der Waals surface area contributed by atoms with Crippen LogP contribution in [0.1, 0.15) is 47.5 Å². The second-order valence-corrected chi connectivity index (χ2v) is 7.70. The van der Waals surface area contributed by atoms with E-state index >= 15 is 0 Å². The first-order chi connectivity index (χ1) is 10.9. The highest BCUT2D eigenvalue weighted by Gasteiger charge is 2.21. The number of guanidine groups is 1. The Kier molecular flexibility index (Phi) is 12.3. The highest BCUT2D eigenvalue weighted by atomic mass is 127. The number of piperidine rings is 1. The molecule has 2 N–H and O–H groups in total. The SMILES string of the molecule is CCNC(=NCC(C)(C)OC)NCC1CCCN(CC(C)C)C1.I. The molecule has 0 aromatic carbocycles. The molecule has 5 nitrogen and oxygen atoms in total. The number of halogens is 1. The van der Waals surface area contributed by atoms with Crippen LogP contribution in [0.5, 0.6) is 0 Å². The van der Waals surface area contributed by atoms with Crippen molar-refractivity contribution in [1.82, 2.24) is 15.5 Å². The van der Waals surface area contributed by atoms with Gasteiger partial charge in [-0.2, -0.15) is 0 Å². The molecule has 1 saturated heterocycles. The van der Waals surface area contributed by atoms with Gasteiger partial charge in [0.05, 0.1) is 12.1 Å². The van der Waals surface area contributed by atoms with Gasteiger partial charge < -0.3 is 20.3 Å². The highest BCUT2D eigenvalue weighted by Crippen LogP contribution is 2.16. The van der Waals surface area contributed by atoms with Crippen LogP contribution in [-0.2, 0) is 4.74 Å². The molecule has 6 heteroatoms. The zero-order valence-corrected chi connectivity index (χ0v) is 18.9. The number of methoxy groups -OCH3 is 1. The molecule has 144 valence electrons. The van der Waals surface area contributed by atoms with Gasteiger partial charge in [-0.25, -0.2) is 0 Å². The van der Waals surface area contributed by atoms with Gasteiger partial charge in [-0.05, 0) is 52.0 Å². The fourth-order valence-electron chi connectivity index (χ4n) is 2.92. The number of rotatable bonds is 8. The van der Waals surface area contributed by atoms with E-state index in [1.54, 1.807) is 7.11 Å². The number of aliphatic imine (C=N–C) groups is 1. The summed E-state index contributed by atoms with van der Waals surface area (Å²) in [6.45, 7) is 17.0. The van der Waals surface area contributed by atoms with Crippen LogP contribution in [0, 0.1) is 11.8 Å². The average molecular weight is 454 g/mol. The fraction of sp³-hybridized carbons (Fsp3) is 0.944. The standard InChI is InChI=1S/C18H38N4O.HI/c1-7-19-17(21-14-18(4,5)23-6)20-11-16-9-8-10-22(13-16)12-15(2)3;/h15-16H,7-14H2,1-6H3,(H2,19,20,21);1H. The fourth-order valence-corrected chi connectivity index (χ4v) is 2.92.